The molecule has 3 N–H and O–H groups in total. The summed E-state index contributed by atoms with van der Waals surface area (Å²) in [6.07, 6.45) is 4.01. The monoisotopic (exact) mass is 267 g/mol. The zero-order valence-corrected chi connectivity index (χ0v) is 11.9. The van der Waals surface area contributed by atoms with Gasteiger partial charge in [-0.05, 0) is 31.2 Å². The Morgan fingerprint density at radius 1 is 1.37 bits per heavy atom. The molecule has 5 nitrogen and oxygen atoms in total. The number of nitrogens with two attached hydrogens (primary N) is 1. The number of primary amides is 1. The summed E-state index contributed by atoms with van der Waals surface area (Å²) >= 11 is 0. The van der Waals surface area contributed by atoms with E-state index in [1.165, 1.54) is 0 Å². The molecule has 5 heteroatoms. The van der Waals surface area contributed by atoms with Gasteiger partial charge >= 0.3 is 0 Å². The van der Waals surface area contributed by atoms with E-state index in [2.05, 4.69) is 19.2 Å². The second-order valence-corrected chi connectivity index (χ2v) is 6.51. The highest BCUT2D eigenvalue weighted by atomic mass is 16.2. The average Bonchev–Trinajstić information content (AvgIpc) is 2.93. The number of rotatable bonds is 4. The Labute approximate surface area is 114 Å². The summed E-state index contributed by atoms with van der Waals surface area (Å²) in [5.74, 6) is -0.265. The van der Waals surface area contributed by atoms with Crippen LogP contribution in [-0.4, -0.2) is 42.4 Å². The van der Waals surface area contributed by atoms with Crippen molar-refractivity contribution >= 4 is 11.8 Å². The van der Waals surface area contributed by atoms with E-state index in [0.717, 1.165) is 38.8 Å². The molecule has 2 rings (SSSR count). The van der Waals surface area contributed by atoms with E-state index in [1.54, 1.807) is 4.90 Å². The smallest absolute Gasteiger partial charge is 0.237 e. The third-order valence-corrected chi connectivity index (χ3v) is 4.64. The van der Waals surface area contributed by atoms with Crippen molar-refractivity contribution < 1.29 is 9.59 Å². The van der Waals surface area contributed by atoms with Crippen LogP contribution in [0.15, 0.2) is 0 Å². The summed E-state index contributed by atoms with van der Waals surface area (Å²) in [6.45, 7) is 6.03. The zero-order chi connectivity index (χ0) is 14.0. The van der Waals surface area contributed by atoms with Crippen LogP contribution in [0.5, 0.6) is 0 Å². The van der Waals surface area contributed by atoms with Gasteiger partial charge in [0.05, 0.1) is 6.54 Å². The van der Waals surface area contributed by atoms with Crippen molar-refractivity contribution in [1.82, 2.24) is 10.2 Å². The summed E-state index contributed by atoms with van der Waals surface area (Å²) in [5.41, 5.74) is 5.35. The zero-order valence-electron chi connectivity index (χ0n) is 11.9. The third-order valence-electron chi connectivity index (χ3n) is 4.64. The summed E-state index contributed by atoms with van der Waals surface area (Å²) < 4.78 is 0. The molecule has 2 atom stereocenters. The summed E-state index contributed by atoms with van der Waals surface area (Å²) in [6, 6.07) is 0.122. The van der Waals surface area contributed by atoms with Gasteiger partial charge in [0.25, 0.3) is 0 Å². The molecule has 2 amide bonds. The quantitative estimate of drug-likeness (QED) is 0.778. The van der Waals surface area contributed by atoms with E-state index < -0.39 is 5.91 Å². The Morgan fingerprint density at radius 3 is 2.58 bits per heavy atom. The van der Waals surface area contributed by atoms with E-state index >= 15 is 0 Å². The van der Waals surface area contributed by atoms with Crippen molar-refractivity contribution in [1.29, 1.82) is 0 Å². The first-order valence-electron chi connectivity index (χ1n) is 7.21. The largest absolute Gasteiger partial charge is 0.368 e. The fourth-order valence-corrected chi connectivity index (χ4v) is 3.44. The Hall–Kier alpha value is -1.10. The summed E-state index contributed by atoms with van der Waals surface area (Å²) in [5, 5.41) is 3.25. The number of nitrogens with zero attached hydrogens (tertiary/aromatic N) is 1. The predicted octanol–water partition coefficient (Wildman–Crippen LogP) is 0.489. The van der Waals surface area contributed by atoms with Gasteiger partial charge in [-0.1, -0.05) is 20.3 Å². The van der Waals surface area contributed by atoms with E-state index in [-0.39, 0.29) is 29.8 Å². The van der Waals surface area contributed by atoms with Crippen LogP contribution < -0.4 is 11.1 Å². The number of amides is 2. The first-order chi connectivity index (χ1) is 8.92. The maximum Gasteiger partial charge on any atom is 0.237 e. The number of carbonyl (C=O) groups is 2. The second-order valence-electron chi connectivity index (χ2n) is 6.51. The minimum Gasteiger partial charge on any atom is -0.368 e. The lowest BCUT2D eigenvalue weighted by molar-refractivity contribution is -0.143. The van der Waals surface area contributed by atoms with Crippen molar-refractivity contribution in [2.75, 3.05) is 19.6 Å². The molecule has 108 valence electrons. The fraction of sp³-hybridized carbons (Fsp3) is 0.857. The molecule has 0 radical (unpaired) electrons. The molecule has 0 aromatic rings. The molecule has 2 fully saturated rings. The standard InChI is InChI=1S/C14H25N3O2/c1-14(2)6-3-4-11(14)13(19)17(9-12(15)18)10-5-7-16-8-10/h10-11,16H,3-9H2,1-2H3,(H2,15,18). The lowest BCUT2D eigenvalue weighted by Crippen LogP contribution is -2.50. The molecule has 2 unspecified atom stereocenters. The van der Waals surface area contributed by atoms with E-state index in [0.29, 0.717) is 0 Å². The Bertz CT molecular complexity index is 362. The van der Waals surface area contributed by atoms with Crippen molar-refractivity contribution in [3.63, 3.8) is 0 Å². The van der Waals surface area contributed by atoms with Crippen molar-refractivity contribution in [3.8, 4) is 0 Å². The molecule has 2 aliphatic rings. The highest BCUT2D eigenvalue weighted by Gasteiger charge is 2.43. The van der Waals surface area contributed by atoms with Crippen molar-refractivity contribution in [2.24, 2.45) is 17.1 Å². The lowest BCUT2D eigenvalue weighted by atomic mass is 9.81. The summed E-state index contributed by atoms with van der Waals surface area (Å²) in [7, 11) is 0. The second kappa shape index (κ2) is 5.49. The molecule has 0 spiro atoms. The first kappa shape index (κ1) is 14.3. The number of hydrogen-bond acceptors (Lipinski definition) is 3. The van der Waals surface area contributed by atoms with Crippen LogP contribution in [0.25, 0.3) is 0 Å². The third kappa shape index (κ3) is 3.08. The van der Waals surface area contributed by atoms with Crippen LogP contribution >= 0.6 is 0 Å². The Kier molecular flexibility index (Phi) is 4.13. The number of hydrogen-bond donors (Lipinski definition) is 2. The van der Waals surface area contributed by atoms with Crippen molar-refractivity contribution in [2.45, 2.75) is 45.6 Å². The average molecular weight is 267 g/mol. The topological polar surface area (TPSA) is 75.4 Å². The molecular weight excluding hydrogens is 242 g/mol. The minimum absolute atomic E-state index is 0.0347. The first-order valence-corrected chi connectivity index (χ1v) is 7.21. The van der Waals surface area contributed by atoms with Crippen molar-refractivity contribution in [3.05, 3.63) is 0 Å². The molecule has 1 aliphatic carbocycles. The van der Waals surface area contributed by atoms with Gasteiger partial charge in [-0.2, -0.15) is 0 Å². The van der Waals surface area contributed by atoms with Crippen LogP contribution in [0, 0.1) is 11.3 Å². The molecule has 1 saturated heterocycles. The molecule has 1 aliphatic heterocycles. The van der Waals surface area contributed by atoms with E-state index in [1.807, 2.05) is 0 Å². The Morgan fingerprint density at radius 2 is 2.11 bits per heavy atom. The molecule has 1 saturated carbocycles. The maximum atomic E-state index is 12.8. The number of carbonyl (C=O) groups excluding carboxylic acids is 2. The predicted molar refractivity (Wildman–Crippen MR) is 73.3 cm³/mol. The highest BCUT2D eigenvalue weighted by molar-refractivity contribution is 5.86. The van der Waals surface area contributed by atoms with Crippen LogP contribution in [0.4, 0.5) is 0 Å². The number of nitrogens with one attached hydrogen (secondary N) is 1. The SMILES string of the molecule is CC1(C)CCCC1C(=O)N(CC(N)=O)C1CCNC1. The van der Waals surface area contributed by atoms with Gasteiger partial charge in [-0.15, -0.1) is 0 Å². The van der Waals surface area contributed by atoms with Crippen LogP contribution in [0.3, 0.4) is 0 Å². The van der Waals surface area contributed by atoms with Gasteiger partial charge in [-0.25, -0.2) is 0 Å². The van der Waals surface area contributed by atoms with Gasteiger partial charge in [0, 0.05) is 18.5 Å². The van der Waals surface area contributed by atoms with Gasteiger partial charge in [-0.3, -0.25) is 9.59 Å². The molecule has 0 bridgehead atoms. The van der Waals surface area contributed by atoms with Gasteiger partial charge in [0.1, 0.15) is 0 Å². The lowest BCUT2D eigenvalue weighted by Gasteiger charge is -2.34. The highest BCUT2D eigenvalue weighted by Crippen LogP contribution is 2.43. The maximum absolute atomic E-state index is 12.8. The summed E-state index contributed by atoms with van der Waals surface area (Å²) in [4.78, 5) is 25.8. The fourth-order valence-electron chi connectivity index (χ4n) is 3.44. The molecule has 0 aromatic heterocycles. The van der Waals surface area contributed by atoms with Gasteiger partial charge < -0.3 is 16.0 Å². The van der Waals surface area contributed by atoms with E-state index in [4.69, 9.17) is 5.73 Å². The molecule has 0 aromatic carbocycles. The van der Waals surface area contributed by atoms with Gasteiger partial charge in [0.2, 0.25) is 11.8 Å². The Balaban J connectivity index is 2.12. The van der Waals surface area contributed by atoms with E-state index in [9.17, 15) is 9.59 Å². The van der Waals surface area contributed by atoms with Crippen LogP contribution in [0.2, 0.25) is 0 Å². The molecular formula is C14H25N3O2. The molecule has 1 heterocycles. The minimum atomic E-state index is -0.420. The molecule has 19 heavy (non-hydrogen) atoms. The normalized spacial score (nSPS) is 29.4. The van der Waals surface area contributed by atoms with Crippen LogP contribution in [-0.2, 0) is 9.59 Å². The van der Waals surface area contributed by atoms with Crippen LogP contribution in [0.1, 0.15) is 39.5 Å². The van der Waals surface area contributed by atoms with Gasteiger partial charge in [0.15, 0.2) is 0 Å².